The van der Waals surface area contributed by atoms with Crippen molar-refractivity contribution in [2.24, 2.45) is 5.92 Å². The summed E-state index contributed by atoms with van der Waals surface area (Å²) in [5.74, 6) is 1.44. The molecule has 5 heteroatoms. The van der Waals surface area contributed by atoms with Crippen LogP contribution in [0.3, 0.4) is 0 Å². The smallest absolute Gasteiger partial charge is 0.313 e. The van der Waals surface area contributed by atoms with Crippen LogP contribution in [0.25, 0.3) is 0 Å². The molecular formula is C24H28O5. The highest BCUT2D eigenvalue weighted by atomic mass is 16.7. The van der Waals surface area contributed by atoms with Gasteiger partial charge < -0.3 is 18.9 Å². The SMILES string of the molecule is CC[C@@H]1C(=O)O[C@H]1CC(OC1CCCCO1)c1ccc(Oc2ccccc2)cc1. The van der Waals surface area contributed by atoms with Crippen LogP contribution in [0.15, 0.2) is 54.6 Å². The molecular weight excluding hydrogens is 368 g/mol. The molecule has 2 heterocycles. The van der Waals surface area contributed by atoms with E-state index in [4.69, 9.17) is 18.9 Å². The lowest BCUT2D eigenvalue weighted by molar-refractivity contribution is -0.211. The fraction of sp³-hybridized carbons (Fsp3) is 0.458. The number of carbonyl (C=O) groups is 1. The van der Waals surface area contributed by atoms with Crippen molar-refractivity contribution in [3.8, 4) is 11.5 Å². The van der Waals surface area contributed by atoms with E-state index in [0.29, 0.717) is 6.42 Å². The van der Waals surface area contributed by atoms with Crippen LogP contribution in [0.1, 0.15) is 50.7 Å². The Morgan fingerprint density at radius 2 is 1.79 bits per heavy atom. The molecule has 2 aliphatic heterocycles. The predicted octanol–water partition coefficient (Wildman–Crippen LogP) is 5.40. The van der Waals surface area contributed by atoms with Crippen molar-refractivity contribution < 1.29 is 23.7 Å². The Hall–Kier alpha value is -2.37. The molecule has 2 aromatic rings. The first-order valence-electron chi connectivity index (χ1n) is 10.5. The minimum atomic E-state index is -0.204. The maximum absolute atomic E-state index is 11.7. The fourth-order valence-corrected chi connectivity index (χ4v) is 3.90. The Morgan fingerprint density at radius 3 is 2.45 bits per heavy atom. The second-order valence-electron chi connectivity index (χ2n) is 7.63. The highest BCUT2D eigenvalue weighted by Gasteiger charge is 2.42. The molecule has 5 nitrogen and oxygen atoms in total. The third-order valence-electron chi connectivity index (χ3n) is 5.59. The average molecular weight is 396 g/mol. The van der Waals surface area contributed by atoms with Crippen molar-refractivity contribution in [2.45, 2.75) is 57.5 Å². The number of ether oxygens (including phenoxy) is 4. The van der Waals surface area contributed by atoms with Gasteiger partial charge in [0, 0.05) is 13.0 Å². The van der Waals surface area contributed by atoms with Crippen molar-refractivity contribution in [1.82, 2.24) is 0 Å². The van der Waals surface area contributed by atoms with Crippen LogP contribution in [0.2, 0.25) is 0 Å². The van der Waals surface area contributed by atoms with Crippen molar-refractivity contribution in [3.63, 3.8) is 0 Å². The first kappa shape index (κ1) is 19.9. The van der Waals surface area contributed by atoms with Crippen molar-refractivity contribution in [2.75, 3.05) is 6.61 Å². The van der Waals surface area contributed by atoms with E-state index in [9.17, 15) is 4.79 Å². The van der Waals surface area contributed by atoms with Crippen molar-refractivity contribution >= 4 is 5.97 Å². The first-order valence-corrected chi connectivity index (χ1v) is 10.5. The van der Waals surface area contributed by atoms with E-state index in [1.165, 1.54) is 0 Å². The van der Waals surface area contributed by atoms with Crippen LogP contribution in [-0.2, 0) is 19.0 Å². The number of hydrogen-bond donors (Lipinski definition) is 0. The van der Waals surface area contributed by atoms with Gasteiger partial charge in [-0.3, -0.25) is 4.79 Å². The maximum atomic E-state index is 11.7. The lowest BCUT2D eigenvalue weighted by Gasteiger charge is -2.37. The summed E-state index contributed by atoms with van der Waals surface area (Å²) in [6, 6.07) is 17.6. The normalized spacial score (nSPS) is 25.0. The fourth-order valence-electron chi connectivity index (χ4n) is 3.90. The quantitative estimate of drug-likeness (QED) is 0.559. The van der Waals surface area contributed by atoms with Gasteiger partial charge in [-0.25, -0.2) is 0 Å². The highest BCUT2D eigenvalue weighted by molar-refractivity contribution is 5.78. The van der Waals surface area contributed by atoms with E-state index in [-0.39, 0.29) is 30.4 Å². The zero-order valence-corrected chi connectivity index (χ0v) is 16.8. The molecule has 0 spiro atoms. The summed E-state index contributed by atoms with van der Waals surface area (Å²) in [6.07, 6.45) is 4.03. The summed E-state index contributed by atoms with van der Waals surface area (Å²) in [6.45, 7) is 2.76. The molecule has 0 aromatic heterocycles. The molecule has 4 atom stereocenters. The Morgan fingerprint density at radius 1 is 1.03 bits per heavy atom. The van der Waals surface area contributed by atoms with E-state index in [0.717, 1.165) is 49.4 Å². The number of rotatable bonds is 8. The standard InChI is InChI=1S/C24H28O5/c1-2-20-22(29-24(20)25)16-21(28-23-10-6-7-15-26-23)17-11-13-19(14-12-17)27-18-8-4-3-5-9-18/h3-5,8-9,11-14,20-23H,2,6-7,10,15-16H2,1H3/t20-,21?,22-,23?/m0/s1. The predicted molar refractivity (Wildman–Crippen MR) is 109 cm³/mol. The Kier molecular flexibility index (Phi) is 6.47. The summed E-state index contributed by atoms with van der Waals surface area (Å²) in [4.78, 5) is 11.7. The number of para-hydroxylation sites is 1. The van der Waals surface area contributed by atoms with Gasteiger partial charge in [0.05, 0.1) is 12.0 Å². The molecule has 2 aromatic carbocycles. The maximum Gasteiger partial charge on any atom is 0.313 e. The van der Waals surface area contributed by atoms with E-state index >= 15 is 0 Å². The van der Waals surface area contributed by atoms with Gasteiger partial charge in [0.1, 0.15) is 17.6 Å². The lowest BCUT2D eigenvalue weighted by Crippen LogP contribution is -2.45. The van der Waals surface area contributed by atoms with Gasteiger partial charge in [0.25, 0.3) is 0 Å². The zero-order chi connectivity index (χ0) is 20.1. The molecule has 0 N–H and O–H groups in total. The van der Waals surface area contributed by atoms with Gasteiger partial charge >= 0.3 is 5.97 Å². The molecule has 2 saturated heterocycles. The summed E-state index contributed by atoms with van der Waals surface area (Å²) in [5, 5.41) is 0. The second-order valence-corrected chi connectivity index (χ2v) is 7.63. The third-order valence-corrected chi connectivity index (χ3v) is 5.59. The largest absolute Gasteiger partial charge is 0.461 e. The Bertz CT molecular complexity index is 783. The summed E-state index contributed by atoms with van der Waals surface area (Å²) in [5.41, 5.74) is 1.04. The van der Waals surface area contributed by atoms with Crippen molar-refractivity contribution in [3.05, 3.63) is 60.2 Å². The summed E-state index contributed by atoms with van der Waals surface area (Å²) in [7, 11) is 0. The molecule has 0 radical (unpaired) electrons. The molecule has 0 bridgehead atoms. The monoisotopic (exact) mass is 396 g/mol. The second kappa shape index (κ2) is 9.42. The molecule has 154 valence electrons. The van der Waals surface area contributed by atoms with Gasteiger partial charge in [-0.1, -0.05) is 37.3 Å². The lowest BCUT2D eigenvalue weighted by atomic mass is 9.88. The first-order chi connectivity index (χ1) is 14.2. The van der Waals surface area contributed by atoms with E-state index in [1.54, 1.807) is 0 Å². The molecule has 2 unspecified atom stereocenters. The molecule has 29 heavy (non-hydrogen) atoms. The van der Waals surface area contributed by atoms with Gasteiger partial charge in [0.15, 0.2) is 6.29 Å². The number of cyclic esters (lactones) is 1. The molecule has 0 amide bonds. The van der Waals surface area contributed by atoms with E-state index < -0.39 is 0 Å². The molecule has 2 aliphatic rings. The van der Waals surface area contributed by atoms with Gasteiger partial charge in [-0.2, -0.15) is 0 Å². The van der Waals surface area contributed by atoms with Crippen molar-refractivity contribution in [1.29, 1.82) is 0 Å². The molecule has 0 aliphatic carbocycles. The van der Waals surface area contributed by atoms with Crippen LogP contribution in [0.4, 0.5) is 0 Å². The van der Waals surface area contributed by atoms with Gasteiger partial charge in [0.2, 0.25) is 0 Å². The Labute approximate surface area is 171 Å². The van der Waals surface area contributed by atoms with E-state index in [2.05, 4.69) is 0 Å². The van der Waals surface area contributed by atoms with E-state index in [1.807, 2.05) is 61.5 Å². The molecule has 2 fully saturated rings. The third kappa shape index (κ3) is 4.98. The number of hydrogen-bond acceptors (Lipinski definition) is 5. The van der Waals surface area contributed by atoms with Crippen LogP contribution in [0, 0.1) is 5.92 Å². The summed E-state index contributed by atoms with van der Waals surface area (Å²) >= 11 is 0. The average Bonchev–Trinajstić information content (AvgIpc) is 2.75. The van der Waals surface area contributed by atoms with Crippen LogP contribution in [0.5, 0.6) is 11.5 Å². The Balaban J connectivity index is 1.46. The summed E-state index contributed by atoms with van der Waals surface area (Å²) < 4.78 is 23.4. The van der Waals surface area contributed by atoms with Gasteiger partial charge in [-0.05, 0) is 55.5 Å². The number of carbonyl (C=O) groups excluding carboxylic acids is 1. The number of esters is 1. The van der Waals surface area contributed by atoms with Crippen LogP contribution in [-0.4, -0.2) is 25.0 Å². The minimum Gasteiger partial charge on any atom is -0.461 e. The molecule has 0 saturated carbocycles. The van der Waals surface area contributed by atoms with Crippen LogP contribution < -0.4 is 4.74 Å². The highest BCUT2D eigenvalue weighted by Crippen LogP contribution is 2.36. The topological polar surface area (TPSA) is 54.0 Å². The van der Waals surface area contributed by atoms with Gasteiger partial charge in [-0.15, -0.1) is 0 Å². The number of benzene rings is 2. The zero-order valence-electron chi connectivity index (χ0n) is 16.8. The minimum absolute atomic E-state index is 0.0333. The van der Waals surface area contributed by atoms with Crippen LogP contribution >= 0.6 is 0 Å². The molecule has 4 rings (SSSR count).